The van der Waals surface area contributed by atoms with Gasteiger partial charge in [0, 0.05) is 29.2 Å². The first-order chi connectivity index (χ1) is 13.6. The number of amides is 1. The molecule has 28 heavy (non-hydrogen) atoms. The zero-order valence-corrected chi connectivity index (χ0v) is 14.9. The minimum Gasteiger partial charge on any atom is -0.454 e. The van der Waals surface area contributed by atoms with Gasteiger partial charge >= 0.3 is 0 Å². The average Bonchev–Trinajstić information content (AvgIpc) is 3.16. The van der Waals surface area contributed by atoms with Gasteiger partial charge in [-0.3, -0.25) is 9.59 Å². The SMILES string of the molecule is CC(=O)c1ccc(Nc2nccc(C(=O)Nc3ccc4c(c3)OCO4)n2)cc1. The van der Waals surface area contributed by atoms with E-state index in [9.17, 15) is 9.59 Å². The number of ether oxygens (including phenoxy) is 2. The number of fused-ring (bicyclic) bond motifs is 1. The number of rotatable bonds is 5. The second-order valence-corrected chi connectivity index (χ2v) is 6.05. The van der Waals surface area contributed by atoms with E-state index in [1.807, 2.05) is 0 Å². The van der Waals surface area contributed by atoms with E-state index in [1.165, 1.54) is 19.2 Å². The molecule has 1 aliphatic heterocycles. The fourth-order valence-electron chi connectivity index (χ4n) is 2.63. The molecule has 0 saturated carbocycles. The Morgan fingerprint density at radius 2 is 1.71 bits per heavy atom. The van der Waals surface area contributed by atoms with E-state index in [0.29, 0.717) is 28.4 Å². The lowest BCUT2D eigenvalue weighted by Gasteiger charge is -2.08. The topological polar surface area (TPSA) is 102 Å². The van der Waals surface area contributed by atoms with Crippen LogP contribution in [0.2, 0.25) is 0 Å². The van der Waals surface area contributed by atoms with E-state index < -0.39 is 0 Å². The maximum atomic E-state index is 12.5. The van der Waals surface area contributed by atoms with Crippen LogP contribution in [0, 0.1) is 0 Å². The molecule has 1 aromatic heterocycles. The van der Waals surface area contributed by atoms with Crippen molar-refractivity contribution in [2.45, 2.75) is 6.92 Å². The van der Waals surface area contributed by atoms with E-state index in [4.69, 9.17) is 9.47 Å². The number of ketones is 1. The smallest absolute Gasteiger partial charge is 0.274 e. The van der Waals surface area contributed by atoms with E-state index in [1.54, 1.807) is 42.5 Å². The van der Waals surface area contributed by atoms with Crippen LogP contribution in [0.5, 0.6) is 11.5 Å². The van der Waals surface area contributed by atoms with Crippen molar-refractivity contribution in [3.63, 3.8) is 0 Å². The summed E-state index contributed by atoms with van der Waals surface area (Å²) in [7, 11) is 0. The van der Waals surface area contributed by atoms with Gasteiger partial charge in [-0.15, -0.1) is 0 Å². The molecule has 0 spiro atoms. The van der Waals surface area contributed by atoms with Crippen LogP contribution in [0.3, 0.4) is 0 Å². The fourth-order valence-corrected chi connectivity index (χ4v) is 2.63. The monoisotopic (exact) mass is 376 g/mol. The van der Waals surface area contributed by atoms with Crippen LogP contribution >= 0.6 is 0 Å². The van der Waals surface area contributed by atoms with Crippen LogP contribution in [0.4, 0.5) is 17.3 Å². The van der Waals surface area contributed by atoms with Gasteiger partial charge < -0.3 is 20.1 Å². The number of Topliss-reactive ketones (excluding diaryl/α,β-unsaturated/α-hetero) is 1. The number of anilines is 3. The third-order valence-corrected chi connectivity index (χ3v) is 4.07. The Bertz CT molecular complexity index is 1050. The molecule has 8 nitrogen and oxygen atoms in total. The number of hydrogen-bond acceptors (Lipinski definition) is 7. The lowest BCUT2D eigenvalue weighted by molar-refractivity contribution is 0.101. The maximum Gasteiger partial charge on any atom is 0.274 e. The minimum atomic E-state index is -0.378. The maximum absolute atomic E-state index is 12.5. The molecule has 4 rings (SSSR count). The zero-order chi connectivity index (χ0) is 19.5. The van der Waals surface area contributed by atoms with Gasteiger partial charge in [-0.2, -0.15) is 0 Å². The highest BCUT2D eigenvalue weighted by atomic mass is 16.7. The molecule has 3 aromatic rings. The number of nitrogens with zero attached hydrogens (tertiary/aromatic N) is 2. The number of benzene rings is 2. The molecule has 140 valence electrons. The molecular weight excluding hydrogens is 360 g/mol. The van der Waals surface area contributed by atoms with Crippen LogP contribution in [0.1, 0.15) is 27.8 Å². The highest BCUT2D eigenvalue weighted by molar-refractivity contribution is 6.03. The summed E-state index contributed by atoms with van der Waals surface area (Å²) in [6.07, 6.45) is 1.49. The summed E-state index contributed by atoms with van der Waals surface area (Å²) in [6.45, 7) is 1.68. The van der Waals surface area contributed by atoms with Crippen LogP contribution in [-0.4, -0.2) is 28.5 Å². The molecule has 0 atom stereocenters. The van der Waals surface area contributed by atoms with Crippen molar-refractivity contribution in [1.29, 1.82) is 0 Å². The molecule has 0 bridgehead atoms. The van der Waals surface area contributed by atoms with Crippen molar-refractivity contribution >= 4 is 29.0 Å². The third-order valence-electron chi connectivity index (χ3n) is 4.07. The largest absolute Gasteiger partial charge is 0.454 e. The first-order valence-corrected chi connectivity index (χ1v) is 8.50. The van der Waals surface area contributed by atoms with Gasteiger partial charge in [-0.25, -0.2) is 9.97 Å². The average molecular weight is 376 g/mol. The van der Waals surface area contributed by atoms with Crippen LogP contribution in [0.15, 0.2) is 54.7 Å². The summed E-state index contributed by atoms with van der Waals surface area (Å²) < 4.78 is 10.6. The summed E-state index contributed by atoms with van der Waals surface area (Å²) >= 11 is 0. The van der Waals surface area contributed by atoms with Crippen molar-refractivity contribution in [1.82, 2.24) is 9.97 Å². The number of carbonyl (C=O) groups is 2. The van der Waals surface area contributed by atoms with Gasteiger partial charge in [0.15, 0.2) is 17.3 Å². The molecular formula is C20H16N4O4. The molecule has 0 unspecified atom stereocenters. The third kappa shape index (κ3) is 3.75. The Balaban J connectivity index is 1.47. The molecule has 1 aliphatic rings. The molecule has 0 radical (unpaired) electrons. The first kappa shape index (κ1) is 17.5. The Hall–Kier alpha value is -3.94. The summed E-state index contributed by atoms with van der Waals surface area (Å²) in [6, 6.07) is 13.6. The summed E-state index contributed by atoms with van der Waals surface area (Å²) in [4.78, 5) is 32.2. The molecule has 8 heteroatoms. The summed E-state index contributed by atoms with van der Waals surface area (Å²) in [5, 5.41) is 5.78. The molecule has 1 amide bonds. The Kier molecular flexibility index (Phi) is 4.59. The molecule has 0 saturated heterocycles. The number of carbonyl (C=O) groups excluding carboxylic acids is 2. The molecule has 2 aromatic carbocycles. The quantitative estimate of drug-likeness (QED) is 0.658. The van der Waals surface area contributed by atoms with Gasteiger partial charge in [0.2, 0.25) is 12.7 Å². The van der Waals surface area contributed by atoms with E-state index in [0.717, 1.165) is 0 Å². The number of nitrogens with one attached hydrogen (secondary N) is 2. The zero-order valence-electron chi connectivity index (χ0n) is 14.9. The van der Waals surface area contributed by atoms with Crippen LogP contribution in [0.25, 0.3) is 0 Å². The van der Waals surface area contributed by atoms with Crippen molar-refractivity contribution in [2.24, 2.45) is 0 Å². The fraction of sp³-hybridized carbons (Fsp3) is 0.100. The van der Waals surface area contributed by atoms with Crippen molar-refractivity contribution in [3.05, 3.63) is 66.0 Å². The normalized spacial score (nSPS) is 11.8. The summed E-state index contributed by atoms with van der Waals surface area (Å²) in [5.41, 5.74) is 2.10. The molecule has 0 fully saturated rings. The standard InChI is InChI=1S/C20H16N4O4/c1-12(25)13-2-4-14(5-3-13)23-20-21-9-8-16(24-20)19(26)22-15-6-7-17-18(10-15)28-11-27-17/h2-10H,11H2,1H3,(H,22,26)(H,21,23,24). The predicted octanol–water partition coefficient (Wildman–Crippen LogP) is 3.40. The lowest BCUT2D eigenvalue weighted by atomic mass is 10.1. The van der Waals surface area contributed by atoms with Gasteiger partial charge in [-0.1, -0.05) is 0 Å². The second-order valence-electron chi connectivity index (χ2n) is 6.05. The Morgan fingerprint density at radius 3 is 2.50 bits per heavy atom. The van der Waals surface area contributed by atoms with Crippen LogP contribution < -0.4 is 20.1 Å². The van der Waals surface area contributed by atoms with E-state index in [2.05, 4.69) is 20.6 Å². The first-order valence-electron chi connectivity index (χ1n) is 8.50. The van der Waals surface area contributed by atoms with E-state index in [-0.39, 0.29) is 30.1 Å². The number of hydrogen-bond donors (Lipinski definition) is 2. The Labute approximate surface area is 160 Å². The summed E-state index contributed by atoms with van der Waals surface area (Å²) in [5.74, 6) is 1.11. The van der Waals surface area contributed by atoms with Gasteiger partial charge in [0.1, 0.15) is 5.69 Å². The van der Waals surface area contributed by atoms with Crippen molar-refractivity contribution in [3.8, 4) is 11.5 Å². The van der Waals surface area contributed by atoms with E-state index >= 15 is 0 Å². The predicted molar refractivity (Wildman–Crippen MR) is 102 cm³/mol. The van der Waals surface area contributed by atoms with Crippen molar-refractivity contribution in [2.75, 3.05) is 17.4 Å². The van der Waals surface area contributed by atoms with Crippen molar-refractivity contribution < 1.29 is 19.1 Å². The highest BCUT2D eigenvalue weighted by Crippen LogP contribution is 2.34. The van der Waals surface area contributed by atoms with Crippen LogP contribution in [-0.2, 0) is 0 Å². The second kappa shape index (κ2) is 7.36. The molecule has 2 N–H and O–H groups in total. The number of aromatic nitrogens is 2. The lowest BCUT2D eigenvalue weighted by Crippen LogP contribution is -2.14. The van der Waals surface area contributed by atoms with Gasteiger partial charge in [0.25, 0.3) is 5.91 Å². The molecule has 2 heterocycles. The van der Waals surface area contributed by atoms with Gasteiger partial charge in [-0.05, 0) is 49.4 Å². The molecule has 0 aliphatic carbocycles. The highest BCUT2D eigenvalue weighted by Gasteiger charge is 2.15. The Morgan fingerprint density at radius 1 is 0.964 bits per heavy atom. The van der Waals surface area contributed by atoms with Gasteiger partial charge in [0.05, 0.1) is 0 Å². The minimum absolute atomic E-state index is 0.00927.